The van der Waals surface area contributed by atoms with Gasteiger partial charge in [0.15, 0.2) is 5.65 Å². The summed E-state index contributed by atoms with van der Waals surface area (Å²) in [6.07, 6.45) is 9.35. The zero-order valence-corrected chi connectivity index (χ0v) is 21.2. The van der Waals surface area contributed by atoms with Gasteiger partial charge in [0, 0.05) is 45.7 Å². The molecule has 0 bridgehead atoms. The number of aromatic nitrogens is 5. The van der Waals surface area contributed by atoms with Crippen molar-refractivity contribution in [2.24, 2.45) is 0 Å². The molecule has 186 valence electrons. The minimum Gasteiger partial charge on any atom is -0.370 e. The summed E-state index contributed by atoms with van der Waals surface area (Å²) < 4.78 is 24.9. The van der Waals surface area contributed by atoms with Gasteiger partial charge >= 0.3 is 0 Å². The van der Waals surface area contributed by atoms with Crippen LogP contribution in [0.25, 0.3) is 16.9 Å². The Balaban J connectivity index is 1.47. The third-order valence-corrected chi connectivity index (χ3v) is 7.56. The monoisotopic (exact) mass is 507 g/mol. The molecule has 2 fully saturated rings. The molecule has 1 saturated carbocycles. The van der Waals surface area contributed by atoms with Crippen molar-refractivity contribution in [1.29, 1.82) is 0 Å². The van der Waals surface area contributed by atoms with Gasteiger partial charge in [0.25, 0.3) is 5.56 Å². The number of ether oxygens (including phenoxy) is 1. The van der Waals surface area contributed by atoms with E-state index in [0.29, 0.717) is 45.8 Å². The second kappa shape index (κ2) is 8.78. The molecule has 1 aromatic carbocycles. The first kappa shape index (κ1) is 23.3. The maximum Gasteiger partial charge on any atom is 0.261 e. The van der Waals surface area contributed by atoms with Crippen LogP contribution in [0, 0.1) is 19.7 Å². The predicted molar refractivity (Wildman–Crippen MR) is 135 cm³/mol. The number of nitrogens with zero attached hydrogens (tertiary/aromatic N) is 5. The first-order valence-corrected chi connectivity index (χ1v) is 12.7. The highest BCUT2D eigenvalue weighted by Gasteiger charge is 2.33. The van der Waals surface area contributed by atoms with Crippen molar-refractivity contribution in [1.82, 2.24) is 24.1 Å². The molecule has 3 atom stereocenters. The molecule has 0 N–H and O–H groups in total. The Labute approximate surface area is 212 Å². The molecule has 0 spiro atoms. The van der Waals surface area contributed by atoms with Gasteiger partial charge in [0.1, 0.15) is 11.5 Å². The van der Waals surface area contributed by atoms with Crippen molar-refractivity contribution in [2.75, 3.05) is 0 Å². The van der Waals surface area contributed by atoms with E-state index in [1.54, 1.807) is 32.2 Å². The van der Waals surface area contributed by atoms with E-state index in [1.165, 1.54) is 23.3 Å². The Morgan fingerprint density at radius 2 is 1.94 bits per heavy atom. The van der Waals surface area contributed by atoms with E-state index in [2.05, 4.69) is 16.3 Å². The highest BCUT2D eigenvalue weighted by Crippen LogP contribution is 2.41. The van der Waals surface area contributed by atoms with Crippen LogP contribution in [0.15, 0.2) is 41.6 Å². The summed E-state index contributed by atoms with van der Waals surface area (Å²) in [5, 5.41) is 4.83. The van der Waals surface area contributed by atoms with Crippen LogP contribution < -0.4 is 5.56 Å². The van der Waals surface area contributed by atoms with Gasteiger partial charge in [-0.1, -0.05) is 11.6 Å². The average Bonchev–Trinajstić information content (AvgIpc) is 3.58. The van der Waals surface area contributed by atoms with Crippen LogP contribution in [0.3, 0.4) is 0 Å². The number of fused-ring (bicyclic) bond motifs is 1. The normalized spacial score (nSPS) is 22.3. The fourth-order valence-electron chi connectivity index (χ4n) is 5.07. The standard InChI is InChI=1S/C27H27ClFN5O2/c1-14-8-17(9-24(36-14)18-11-30-34(12-18)20-5-6-20)23-13-33-26(31-16(3)15(2)27(33)35)25(32-23)21-7-4-19(28)10-22(21)29/h4,7,10-14,17,20,24H,5-6,8-9H2,1-3H3/t14-,17+,24-/m1/s1. The van der Waals surface area contributed by atoms with E-state index in [9.17, 15) is 4.79 Å². The molecule has 2 aliphatic rings. The summed E-state index contributed by atoms with van der Waals surface area (Å²) in [6.45, 7) is 5.58. The predicted octanol–water partition coefficient (Wildman–Crippen LogP) is 5.72. The maximum absolute atomic E-state index is 15.1. The van der Waals surface area contributed by atoms with Gasteiger partial charge < -0.3 is 4.74 Å². The summed E-state index contributed by atoms with van der Waals surface area (Å²) in [7, 11) is 0. The van der Waals surface area contributed by atoms with Crippen molar-refractivity contribution >= 4 is 17.2 Å². The highest BCUT2D eigenvalue weighted by molar-refractivity contribution is 6.30. The van der Waals surface area contributed by atoms with Crippen molar-refractivity contribution in [3.8, 4) is 11.3 Å². The van der Waals surface area contributed by atoms with Crippen LogP contribution in [0.1, 0.15) is 73.2 Å². The SMILES string of the molecule is Cc1nc2c(-c3ccc(Cl)cc3F)nc([C@H]3C[C@@H](C)O[C@@H](c4cnn(C5CC5)c4)C3)cn2c(=O)c1C. The Hall–Kier alpha value is -3.10. The van der Waals surface area contributed by atoms with Crippen molar-refractivity contribution in [2.45, 2.75) is 70.6 Å². The van der Waals surface area contributed by atoms with E-state index in [0.717, 1.165) is 12.0 Å². The van der Waals surface area contributed by atoms with Gasteiger partial charge in [-0.15, -0.1) is 0 Å². The summed E-state index contributed by atoms with van der Waals surface area (Å²) in [4.78, 5) is 22.8. The largest absolute Gasteiger partial charge is 0.370 e. The lowest BCUT2D eigenvalue weighted by Gasteiger charge is -2.33. The third-order valence-electron chi connectivity index (χ3n) is 7.33. The van der Waals surface area contributed by atoms with Gasteiger partial charge in [-0.2, -0.15) is 5.10 Å². The van der Waals surface area contributed by atoms with Gasteiger partial charge in [0.2, 0.25) is 0 Å². The fourth-order valence-corrected chi connectivity index (χ4v) is 5.23. The first-order valence-electron chi connectivity index (χ1n) is 12.3. The van der Waals surface area contributed by atoms with E-state index in [4.69, 9.17) is 21.3 Å². The molecule has 9 heteroatoms. The molecule has 0 amide bonds. The van der Waals surface area contributed by atoms with Crippen LogP contribution in [-0.2, 0) is 4.74 Å². The molecule has 4 aromatic rings. The number of halogens is 2. The molecular formula is C27H27ClFN5O2. The number of hydrogen-bond acceptors (Lipinski definition) is 5. The van der Waals surface area contributed by atoms with Crippen LogP contribution in [0.5, 0.6) is 0 Å². The second-order valence-corrected chi connectivity index (χ2v) is 10.5. The van der Waals surface area contributed by atoms with Crippen LogP contribution >= 0.6 is 11.6 Å². The third kappa shape index (κ3) is 4.12. The zero-order valence-electron chi connectivity index (χ0n) is 20.4. The summed E-state index contributed by atoms with van der Waals surface area (Å²) >= 11 is 6.01. The van der Waals surface area contributed by atoms with Crippen molar-refractivity contribution in [3.63, 3.8) is 0 Å². The van der Waals surface area contributed by atoms with Gasteiger partial charge in [0.05, 0.1) is 30.1 Å². The minimum atomic E-state index is -0.507. The average molecular weight is 508 g/mol. The van der Waals surface area contributed by atoms with Gasteiger partial charge in [-0.3, -0.25) is 13.9 Å². The number of rotatable bonds is 4. The molecule has 4 heterocycles. The van der Waals surface area contributed by atoms with Crippen LogP contribution in [0.4, 0.5) is 4.39 Å². The maximum atomic E-state index is 15.1. The van der Waals surface area contributed by atoms with Crippen molar-refractivity contribution in [3.05, 3.63) is 80.5 Å². The quantitative estimate of drug-likeness (QED) is 0.353. The summed E-state index contributed by atoms with van der Waals surface area (Å²) in [6, 6.07) is 4.96. The summed E-state index contributed by atoms with van der Waals surface area (Å²) in [5.74, 6) is -0.498. The highest BCUT2D eigenvalue weighted by atomic mass is 35.5. The number of aryl methyl sites for hydroxylation is 1. The Morgan fingerprint density at radius 3 is 2.69 bits per heavy atom. The van der Waals surface area contributed by atoms with E-state index >= 15 is 4.39 Å². The van der Waals surface area contributed by atoms with Gasteiger partial charge in [-0.25, -0.2) is 14.4 Å². The molecule has 36 heavy (non-hydrogen) atoms. The van der Waals surface area contributed by atoms with Crippen molar-refractivity contribution < 1.29 is 9.13 Å². The minimum absolute atomic E-state index is 0.00930. The van der Waals surface area contributed by atoms with E-state index in [1.807, 2.05) is 17.8 Å². The lowest BCUT2D eigenvalue weighted by Crippen LogP contribution is -2.27. The summed E-state index contributed by atoms with van der Waals surface area (Å²) in [5.41, 5.74) is 3.66. The Morgan fingerprint density at radius 1 is 1.14 bits per heavy atom. The molecule has 1 saturated heterocycles. The first-order chi connectivity index (χ1) is 17.3. The molecule has 1 aliphatic heterocycles. The van der Waals surface area contributed by atoms with E-state index < -0.39 is 5.82 Å². The zero-order chi connectivity index (χ0) is 25.1. The lowest BCUT2D eigenvalue weighted by molar-refractivity contribution is -0.0506. The lowest BCUT2D eigenvalue weighted by atomic mass is 9.87. The molecular weight excluding hydrogens is 481 g/mol. The Kier molecular flexibility index (Phi) is 5.68. The molecule has 3 aromatic heterocycles. The fraction of sp³-hybridized carbons (Fsp3) is 0.407. The number of hydrogen-bond donors (Lipinski definition) is 0. The number of benzene rings is 1. The smallest absolute Gasteiger partial charge is 0.261 e. The molecule has 7 nitrogen and oxygen atoms in total. The molecule has 0 unspecified atom stereocenters. The van der Waals surface area contributed by atoms with E-state index in [-0.39, 0.29) is 29.2 Å². The van der Waals surface area contributed by atoms with Crippen LogP contribution in [0.2, 0.25) is 5.02 Å². The molecule has 6 rings (SSSR count). The molecule has 1 aliphatic carbocycles. The Bertz CT molecular complexity index is 1540. The second-order valence-electron chi connectivity index (χ2n) is 10.0. The van der Waals surface area contributed by atoms with Gasteiger partial charge in [-0.05, 0) is 64.7 Å². The molecule has 0 radical (unpaired) electrons. The topological polar surface area (TPSA) is 74.3 Å². The van der Waals surface area contributed by atoms with Crippen LogP contribution in [-0.4, -0.2) is 30.3 Å².